The lowest BCUT2D eigenvalue weighted by Crippen LogP contribution is -2.55. The van der Waals surface area contributed by atoms with Gasteiger partial charge >= 0.3 is 0 Å². The van der Waals surface area contributed by atoms with Crippen molar-refractivity contribution in [3.63, 3.8) is 0 Å². The second kappa shape index (κ2) is 9.45. The fourth-order valence-electron chi connectivity index (χ4n) is 3.96. The first kappa shape index (κ1) is 16.8. The summed E-state index contributed by atoms with van der Waals surface area (Å²) in [6, 6.07) is 0.539. The largest absolute Gasteiger partial charge is 0.339 e. The van der Waals surface area contributed by atoms with Gasteiger partial charge < -0.3 is 10.2 Å². The Bertz CT molecular complexity index is 306. The van der Waals surface area contributed by atoms with E-state index in [1.54, 1.807) is 0 Å². The van der Waals surface area contributed by atoms with Gasteiger partial charge in [-0.1, -0.05) is 51.9 Å². The molecule has 0 radical (unpaired) electrons. The van der Waals surface area contributed by atoms with Gasteiger partial charge in [0.25, 0.3) is 0 Å². The highest BCUT2D eigenvalue weighted by Crippen LogP contribution is 2.28. The molecular weight excluding hydrogens is 260 g/mol. The van der Waals surface area contributed by atoms with Gasteiger partial charge in [-0.15, -0.1) is 0 Å². The Balaban J connectivity index is 1.61. The van der Waals surface area contributed by atoms with Crippen LogP contribution in [0.4, 0.5) is 0 Å². The standard InChI is InChI=1S/C18H34N2O/c1-2-3-4-5-6-7-8-9-14-20-17-12-13-19-15-16(17)10-11-18(20)21/h16-17,19H,2-15H2,1H3. The first-order valence-corrected chi connectivity index (χ1v) is 9.33. The van der Waals surface area contributed by atoms with Crippen LogP contribution >= 0.6 is 0 Å². The molecule has 2 aliphatic heterocycles. The summed E-state index contributed by atoms with van der Waals surface area (Å²) in [7, 11) is 0. The maximum absolute atomic E-state index is 12.2. The van der Waals surface area contributed by atoms with Crippen LogP contribution in [-0.2, 0) is 4.79 Å². The second-order valence-electron chi connectivity index (χ2n) is 6.92. The zero-order chi connectivity index (χ0) is 14.9. The SMILES string of the molecule is CCCCCCCCCCN1C(=O)CCC2CNCCC21. The summed E-state index contributed by atoms with van der Waals surface area (Å²) < 4.78 is 0. The monoisotopic (exact) mass is 294 g/mol. The highest BCUT2D eigenvalue weighted by molar-refractivity contribution is 5.77. The van der Waals surface area contributed by atoms with Crippen molar-refractivity contribution >= 4 is 5.91 Å². The normalized spacial score (nSPS) is 26.0. The molecular formula is C18H34N2O. The predicted molar refractivity (Wildman–Crippen MR) is 88.3 cm³/mol. The number of amides is 1. The van der Waals surface area contributed by atoms with Gasteiger partial charge in [0.05, 0.1) is 0 Å². The number of piperidine rings is 2. The Morgan fingerprint density at radius 2 is 1.76 bits per heavy atom. The number of likely N-dealkylation sites (tertiary alicyclic amines) is 1. The minimum absolute atomic E-state index is 0.418. The van der Waals surface area contributed by atoms with Crippen molar-refractivity contribution in [2.75, 3.05) is 19.6 Å². The third-order valence-electron chi connectivity index (χ3n) is 5.27. The molecule has 0 aromatic carbocycles. The van der Waals surface area contributed by atoms with Gasteiger partial charge in [0.1, 0.15) is 0 Å². The predicted octanol–water partition coefficient (Wildman–Crippen LogP) is 3.73. The molecule has 2 unspecified atom stereocenters. The number of fused-ring (bicyclic) bond motifs is 1. The van der Waals surface area contributed by atoms with E-state index in [1.165, 1.54) is 51.4 Å². The van der Waals surface area contributed by atoms with E-state index >= 15 is 0 Å². The molecule has 0 aliphatic carbocycles. The number of unbranched alkanes of at least 4 members (excludes halogenated alkanes) is 7. The molecule has 2 atom stereocenters. The molecule has 2 aliphatic rings. The van der Waals surface area contributed by atoms with Crippen LogP contribution in [-0.4, -0.2) is 36.5 Å². The average Bonchev–Trinajstić information content (AvgIpc) is 2.51. The molecule has 0 bridgehead atoms. The molecule has 3 nitrogen and oxygen atoms in total. The smallest absolute Gasteiger partial charge is 0.222 e. The van der Waals surface area contributed by atoms with E-state index in [-0.39, 0.29) is 0 Å². The zero-order valence-electron chi connectivity index (χ0n) is 13.9. The van der Waals surface area contributed by atoms with Gasteiger partial charge in [0.2, 0.25) is 5.91 Å². The Morgan fingerprint density at radius 1 is 1.05 bits per heavy atom. The van der Waals surface area contributed by atoms with E-state index in [9.17, 15) is 4.79 Å². The lowest BCUT2D eigenvalue weighted by molar-refractivity contribution is -0.139. The summed E-state index contributed by atoms with van der Waals surface area (Å²) in [6.45, 7) is 5.48. The maximum Gasteiger partial charge on any atom is 0.222 e. The minimum Gasteiger partial charge on any atom is -0.339 e. The van der Waals surface area contributed by atoms with Crippen molar-refractivity contribution in [2.45, 2.75) is 83.6 Å². The van der Waals surface area contributed by atoms with E-state index in [4.69, 9.17) is 0 Å². The van der Waals surface area contributed by atoms with Crippen LogP contribution in [0.3, 0.4) is 0 Å². The first-order valence-electron chi connectivity index (χ1n) is 9.33. The molecule has 3 heteroatoms. The lowest BCUT2D eigenvalue weighted by atomic mass is 9.84. The quantitative estimate of drug-likeness (QED) is 0.657. The summed E-state index contributed by atoms with van der Waals surface area (Å²) in [5.41, 5.74) is 0. The molecule has 2 rings (SSSR count). The van der Waals surface area contributed by atoms with E-state index in [0.717, 1.165) is 38.9 Å². The van der Waals surface area contributed by atoms with Crippen molar-refractivity contribution in [1.29, 1.82) is 0 Å². The zero-order valence-corrected chi connectivity index (χ0v) is 13.9. The Hall–Kier alpha value is -0.570. The van der Waals surface area contributed by atoms with Crippen molar-refractivity contribution in [2.24, 2.45) is 5.92 Å². The Morgan fingerprint density at radius 3 is 2.52 bits per heavy atom. The molecule has 0 spiro atoms. The van der Waals surface area contributed by atoms with E-state index in [1.807, 2.05) is 0 Å². The van der Waals surface area contributed by atoms with Crippen LogP contribution in [0, 0.1) is 5.92 Å². The number of hydrogen-bond donors (Lipinski definition) is 1. The molecule has 2 heterocycles. The van der Waals surface area contributed by atoms with Crippen molar-refractivity contribution in [3.8, 4) is 0 Å². The summed E-state index contributed by atoms with van der Waals surface area (Å²) in [5.74, 6) is 1.13. The number of carbonyl (C=O) groups is 1. The van der Waals surface area contributed by atoms with Crippen molar-refractivity contribution < 1.29 is 4.79 Å². The highest BCUT2D eigenvalue weighted by atomic mass is 16.2. The fraction of sp³-hybridized carbons (Fsp3) is 0.944. The second-order valence-corrected chi connectivity index (χ2v) is 6.92. The van der Waals surface area contributed by atoms with Crippen LogP contribution in [0.25, 0.3) is 0 Å². The van der Waals surface area contributed by atoms with Crippen molar-refractivity contribution in [1.82, 2.24) is 10.2 Å². The van der Waals surface area contributed by atoms with E-state index in [2.05, 4.69) is 17.1 Å². The number of nitrogens with zero attached hydrogens (tertiary/aromatic N) is 1. The Kier molecular flexibility index (Phi) is 7.56. The molecule has 0 aromatic rings. The number of carbonyl (C=O) groups excluding carboxylic acids is 1. The summed E-state index contributed by atoms with van der Waals surface area (Å²) in [6.07, 6.45) is 13.8. The fourth-order valence-corrected chi connectivity index (χ4v) is 3.96. The molecule has 21 heavy (non-hydrogen) atoms. The van der Waals surface area contributed by atoms with Gasteiger partial charge in [-0.05, 0) is 38.3 Å². The van der Waals surface area contributed by atoms with E-state index < -0.39 is 0 Å². The van der Waals surface area contributed by atoms with Crippen LogP contribution in [0.1, 0.15) is 77.6 Å². The number of hydrogen-bond acceptors (Lipinski definition) is 2. The van der Waals surface area contributed by atoms with Crippen LogP contribution in [0.5, 0.6) is 0 Å². The molecule has 2 saturated heterocycles. The molecule has 2 fully saturated rings. The lowest BCUT2D eigenvalue weighted by Gasteiger charge is -2.44. The van der Waals surface area contributed by atoms with Gasteiger partial charge in [0, 0.05) is 19.0 Å². The molecule has 1 N–H and O–H groups in total. The summed E-state index contributed by atoms with van der Waals surface area (Å²) in [4.78, 5) is 14.4. The summed E-state index contributed by atoms with van der Waals surface area (Å²) >= 11 is 0. The van der Waals surface area contributed by atoms with E-state index in [0.29, 0.717) is 17.9 Å². The third kappa shape index (κ3) is 5.28. The topological polar surface area (TPSA) is 32.3 Å². The van der Waals surface area contributed by atoms with Crippen LogP contribution in [0.15, 0.2) is 0 Å². The molecule has 0 aromatic heterocycles. The summed E-state index contributed by atoms with van der Waals surface area (Å²) in [5, 5.41) is 3.48. The van der Waals surface area contributed by atoms with Gasteiger partial charge in [-0.3, -0.25) is 4.79 Å². The maximum atomic E-state index is 12.2. The third-order valence-corrected chi connectivity index (χ3v) is 5.27. The number of rotatable bonds is 9. The molecule has 122 valence electrons. The van der Waals surface area contributed by atoms with Gasteiger partial charge in [-0.2, -0.15) is 0 Å². The van der Waals surface area contributed by atoms with Gasteiger partial charge in [0.15, 0.2) is 0 Å². The minimum atomic E-state index is 0.418. The van der Waals surface area contributed by atoms with Crippen LogP contribution in [0.2, 0.25) is 0 Å². The van der Waals surface area contributed by atoms with Crippen LogP contribution < -0.4 is 5.32 Å². The Labute approximate surface area is 130 Å². The highest BCUT2D eigenvalue weighted by Gasteiger charge is 2.36. The molecule has 1 amide bonds. The first-order chi connectivity index (χ1) is 10.3. The van der Waals surface area contributed by atoms with Crippen molar-refractivity contribution in [3.05, 3.63) is 0 Å². The number of nitrogens with one attached hydrogen (secondary N) is 1. The average molecular weight is 294 g/mol. The van der Waals surface area contributed by atoms with Gasteiger partial charge in [-0.25, -0.2) is 0 Å². The molecule has 0 saturated carbocycles.